The number of nitrogens with one attached hydrogen (secondary N) is 1. The lowest BCUT2D eigenvalue weighted by Gasteiger charge is -2.15. The van der Waals surface area contributed by atoms with E-state index in [9.17, 15) is 22.4 Å². The van der Waals surface area contributed by atoms with Crippen molar-refractivity contribution < 1.29 is 27.1 Å². The zero-order valence-electron chi connectivity index (χ0n) is 14.1. The highest BCUT2D eigenvalue weighted by Gasteiger charge is 2.59. The lowest BCUT2D eigenvalue weighted by Crippen LogP contribution is -2.33. The van der Waals surface area contributed by atoms with Crippen molar-refractivity contribution in [2.75, 3.05) is 29.5 Å². The number of halogens is 1. The molecule has 0 unspecified atom stereocenters. The van der Waals surface area contributed by atoms with Gasteiger partial charge in [0.15, 0.2) is 9.84 Å². The highest BCUT2D eigenvalue weighted by atomic mass is 32.2. The minimum absolute atomic E-state index is 0.0131. The molecule has 3 fully saturated rings. The molecule has 2 amide bonds. The van der Waals surface area contributed by atoms with Gasteiger partial charge in [-0.05, 0) is 35.4 Å². The lowest BCUT2D eigenvalue weighted by molar-refractivity contribution is -0.119. The second-order valence-corrected chi connectivity index (χ2v) is 9.34. The highest BCUT2D eigenvalue weighted by Crippen LogP contribution is 2.59. The number of carbonyl (C=O) groups is 2. The van der Waals surface area contributed by atoms with Crippen LogP contribution in [0.15, 0.2) is 18.2 Å². The summed E-state index contributed by atoms with van der Waals surface area (Å²) in [5.74, 6) is -0.409. The van der Waals surface area contributed by atoms with E-state index in [-0.39, 0.29) is 48.3 Å². The Balaban J connectivity index is 1.46. The number of amides is 2. The summed E-state index contributed by atoms with van der Waals surface area (Å²) in [7, 11) is -2.97. The molecule has 1 saturated carbocycles. The van der Waals surface area contributed by atoms with Gasteiger partial charge in [0, 0.05) is 6.92 Å². The van der Waals surface area contributed by atoms with Crippen LogP contribution in [0.1, 0.15) is 18.4 Å². The third-order valence-corrected chi connectivity index (χ3v) is 7.12. The van der Waals surface area contributed by atoms with Crippen molar-refractivity contribution >= 4 is 27.5 Å². The number of nitrogens with zero attached hydrogens (tertiary/aromatic N) is 1. The standard InChI is InChI=1S/C17H19FN2O5S/c1-9(21)19-5-11-6-20(17(22)25-11)10-2-3-12(15(18)4-10)16-13-7-26(23,24)8-14(13)16/h2-4,11,13-14,16H,5-8H2,1H3,(H,19,21)/t11-,13-,14+,16+/m0/s1. The maximum absolute atomic E-state index is 14.6. The fraction of sp³-hybridized carbons (Fsp3) is 0.529. The Morgan fingerprint density at radius 1 is 1.35 bits per heavy atom. The Morgan fingerprint density at radius 3 is 2.65 bits per heavy atom. The average molecular weight is 382 g/mol. The Morgan fingerprint density at radius 2 is 2.04 bits per heavy atom. The number of rotatable bonds is 4. The van der Waals surface area contributed by atoms with Crippen LogP contribution < -0.4 is 10.2 Å². The smallest absolute Gasteiger partial charge is 0.414 e. The minimum atomic E-state index is -2.97. The molecule has 2 saturated heterocycles. The van der Waals surface area contributed by atoms with Crippen LogP contribution in [0.5, 0.6) is 0 Å². The van der Waals surface area contributed by atoms with E-state index in [0.29, 0.717) is 11.3 Å². The third-order valence-electron chi connectivity index (χ3n) is 5.33. The summed E-state index contributed by atoms with van der Waals surface area (Å²) < 4.78 is 42.9. The number of anilines is 1. The van der Waals surface area contributed by atoms with Crippen molar-refractivity contribution in [3.8, 4) is 0 Å². The van der Waals surface area contributed by atoms with E-state index in [1.807, 2.05) is 0 Å². The van der Waals surface area contributed by atoms with Gasteiger partial charge in [0.25, 0.3) is 0 Å². The highest BCUT2D eigenvalue weighted by molar-refractivity contribution is 7.91. The molecule has 0 aromatic heterocycles. The molecule has 3 aliphatic rings. The normalized spacial score (nSPS) is 31.5. The first-order valence-corrected chi connectivity index (χ1v) is 10.3. The van der Waals surface area contributed by atoms with Crippen LogP contribution in [0.3, 0.4) is 0 Å². The predicted octanol–water partition coefficient (Wildman–Crippen LogP) is 1.04. The number of fused-ring (bicyclic) bond motifs is 1. The fourth-order valence-electron chi connectivity index (χ4n) is 4.07. The largest absolute Gasteiger partial charge is 0.442 e. The molecule has 140 valence electrons. The molecule has 1 aromatic carbocycles. The van der Waals surface area contributed by atoms with Crippen molar-refractivity contribution in [3.63, 3.8) is 0 Å². The maximum Gasteiger partial charge on any atom is 0.414 e. The van der Waals surface area contributed by atoms with Crippen molar-refractivity contribution in [2.45, 2.75) is 18.9 Å². The van der Waals surface area contributed by atoms with Crippen molar-refractivity contribution in [1.82, 2.24) is 5.32 Å². The zero-order valence-corrected chi connectivity index (χ0v) is 15.0. The summed E-state index contributed by atoms with van der Waals surface area (Å²) in [4.78, 5) is 24.3. The minimum Gasteiger partial charge on any atom is -0.442 e. The molecule has 4 atom stereocenters. The predicted molar refractivity (Wildman–Crippen MR) is 91.1 cm³/mol. The van der Waals surface area contributed by atoms with Crippen LogP contribution >= 0.6 is 0 Å². The Labute approximate surface area is 150 Å². The van der Waals surface area contributed by atoms with Crippen molar-refractivity contribution in [2.24, 2.45) is 11.8 Å². The van der Waals surface area contributed by atoms with Gasteiger partial charge in [-0.1, -0.05) is 6.07 Å². The first-order valence-electron chi connectivity index (χ1n) is 8.47. The van der Waals surface area contributed by atoms with Gasteiger partial charge in [-0.25, -0.2) is 17.6 Å². The number of benzene rings is 1. The van der Waals surface area contributed by atoms with E-state index in [4.69, 9.17) is 4.74 Å². The van der Waals surface area contributed by atoms with Gasteiger partial charge in [-0.15, -0.1) is 0 Å². The van der Waals surface area contributed by atoms with Gasteiger partial charge in [0.1, 0.15) is 11.9 Å². The first-order chi connectivity index (χ1) is 12.2. The van der Waals surface area contributed by atoms with Crippen LogP contribution in [-0.4, -0.2) is 51.1 Å². The molecule has 0 radical (unpaired) electrons. The van der Waals surface area contributed by atoms with Crippen LogP contribution in [0.25, 0.3) is 0 Å². The Kier molecular flexibility index (Phi) is 3.94. The number of carbonyl (C=O) groups excluding carboxylic acids is 2. The van der Waals surface area contributed by atoms with Gasteiger partial charge in [0.2, 0.25) is 5.91 Å². The van der Waals surface area contributed by atoms with E-state index in [0.717, 1.165) is 0 Å². The fourth-order valence-corrected chi connectivity index (χ4v) is 6.28. The quantitative estimate of drug-likeness (QED) is 0.840. The molecule has 0 bridgehead atoms. The molecular weight excluding hydrogens is 363 g/mol. The average Bonchev–Trinajstić information content (AvgIpc) is 2.89. The van der Waals surface area contributed by atoms with E-state index in [2.05, 4.69) is 5.32 Å². The third kappa shape index (κ3) is 3.04. The number of cyclic esters (lactones) is 1. The van der Waals surface area contributed by atoms with Crippen LogP contribution in [0, 0.1) is 17.7 Å². The van der Waals surface area contributed by atoms with E-state index in [1.165, 1.54) is 17.9 Å². The number of sulfone groups is 1. The molecule has 26 heavy (non-hydrogen) atoms. The van der Waals surface area contributed by atoms with Crippen molar-refractivity contribution in [1.29, 1.82) is 0 Å². The SMILES string of the molecule is CC(=O)NC[C@H]1CN(c2ccc([C@H]3[C@@H]4CS(=O)(=O)C[C@@H]43)c(F)c2)C(=O)O1. The van der Waals surface area contributed by atoms with Gasteiger partial charge in [-0.3, -0.25) is 9.69 Å². The molecular formula is C17H19FN2O5S. The molecule has 7 nitrogen and oxygen atoms in total. The molecule has 9 heteroatoms. The summed E-state index contributed by atoms with van der Waals surface area (Å²) in [5.41, 5.74) is 0.904. The van der Waals surface area contributed by atoms with Crippen LogP contribution in [0.4, 0.5) is 14.9 Å². The molecule has 0 spiro atoms. The summed E-state index contributed by atoms with van der Waals surface area (Å²) in [5, 5.41) is 2.59. The molecule has 1 aliphatic carbocycles. The van der Waals surface area contributed by atoms with E-state index >= 15 is 0 Å². The molecule has 1 aromatic rings. The van der Waals surface area contributed by atoms with Crippen molar-refractivity contribution in [3.05, 3.63) is 29.6 Å². The summed E-state index contributed by atoms with van der Waals surface area (Å²) in [6.45, 7) is 1.81. The lowest BCUT2D eigenvalue weighted by atomic mass is 10.1. The van der Waals surface area contributed by atoms with Gasteiger partial charge in [0.05, 0.1) is 30.3 Å². The molecule has 4 rings (SSSR count). The molecule has 2 heterocycles. The van der Waals surface area contributed by atoms with Gasteiger partial charge in [-0.2, -0.15) is 0 Å². The monoisotopic (exact) mass is 382 g/mol. The molecule has 2 aliphatic heterocycles. The van der Waals surface area contributed by atoms with E-state index < -0.39 is 27.9 Å². The topological polar surface area (TPSA) is 92.8 Å². The summed E-state index contributed by atoms with van der Waals surface area (Å²) in [6, 6.07) is 4.58. The maximum atomic E-state index is 14.6. The second kappa shape index (κ2) is 5.94. The zero-order chi connectivity index (χ0) is 18.6. The Hall–Kier alpha value is -2.16. The summed E-state index contributed by atoms with van der Waals surface area (Å²) >= 11 is 0. The van der Waals surface area contributed by atoms with E-state index in [1.54, 1.807) is 12.1 Å². The van der Waals surface area contributed by atoms with Gasteiger partial charge >= 0.3 is 6.09 Å². The number of hydrogen-bond donors (Lipinski definition) is 1. The number of ether oxygens (including phenoxy) is 1. The summed E-state index contributed by atoms with van der Waals surface area (Å²) in [6.07, 6.45) is -1.07. The van der Waals surface area contributed by atoms with Crippen LogP contribution in [-0.2, 0) is 19.4 Å². The Bertz CT molecular complexity index is 869. The number of hydrogen-bond acceptors (Lipinski definition) is 5. The first kappa shape index (κ1) is 17.3. The second-order valence-electron chi connectivity index (χ2n) is 7.19. The molecule has 1 N–H and O–H groups in total. The van der Waals surface area contributed by atoms with Crippen LogP contribution in [0.2, 0.25) is 0 Å². The van der Waals surface area contributed by atoms with Gasteiger partial charge < -0.3 is 10.1 Å².